The van der Waals surface area contributed by atoms with E-state index < -0.39 is 10.0 Å². The van der Waals surface area contributed by atoms with Crippen molar-refractivity contribution < 1.29 is 22.7 Å². The van der Waals surface area contributed by atoms with E-state index in [1.165, 1.54) is 6.20 Å². The van der Waals surface area contributed by atoms with Gasteiger partial charge in [-0.05, 0) is 49.9 Å². The maximum atomic E-state index is 12.8. The molecule has 0 aliphatic carbocycles. The van der Waals surface area contributed by atoms with Crippen LogP contribution in [-0.4, -0.2) is 56.6 Å². The fraction of sp³-hybridized carbons (Fsp3) is 0.478. The smallest absolute Gasteiger partial charge is 0.244 e. The zero-order valence-electron chi connectivity index (χ0n) is 18.4. The molecule has 0 saturated carbocycles. The fourth-order valence-electron chi connectivity index (χ4n) is 4.56. The van der Waals surface area contributed by atoms with Crippen molar-refractivity contribution in [2.24, 2.45) is 5.92 Å². The molecule has 10 heteroatoms. The van der Waals surface area contributed by atoms with E-state index in [9.17, 15) is 13.2 Å². The van der Waals surface area contributed by atoms with E-state index >= 15 is 0 Å². The SMILES string of the molecule is O=C(Nc1ccc2c(c1)OCO2)C1CCN(c2ccc(S(=O)(=O)N3CCCCC3)cn2)CC1. The van der Waals surface area contributed by atoms with Gasteiger partial charge in [-0.1, -0.05) is 6.42 Å². The van der Waals surface area contributed by atoms with Gasteiger partial charge in [0.15, 0.2) is 11.5 Å². The number of aromatic nitrogens is 1. The zero-order chi connectivity index (χ0) is 22.8. The van der Waals surface area contributed by atoms with Gasteiger partial charge in [-0.2, -0.15) is 4.31 Å². The molecule has 3 aliphatic rings. The third-order valence-corrected chi connectivity index (χ3v) is 8.39. The molecule has 9 nitrogen and oxygen atoms in total. The first-order valence-corrected chi connectivity index (χ1v) is 12.9. The van der Waals surface area contributed by atoms with Gasteiger partial charge in [-0.25, -0.2) is 13.4 Å². The Bertz CT molecular complexity index is 1110. The maximum absolute atomic E-state index is 12.8. The maximum Gasteiger partial charge on any atom is 0.244 e. The fourth-order valence-corrected chi connectivity index (χ4v) is 6.02. The van der Waals surface area contributed by atoms with Crippen molar-refractivity contribution in [3.05, 3.63) is 36.5 Å². The van der Waals surface area contributed by atoms with Crippen molar-refractivity contribution in [1.82, 2.24) is 9.29 Å². The predicted octanol–water partition coefficient (Wildman–Crippen LogP) is 2.84. The van der Waals surface area contributed by atoms with Crippen LogP contribution >= 0.6 is 0 Å². The van der Waals surface area contributed by atoms with Crippen molar-refractivity contribution >= 4 is 27.4 Å². The molecule has 1 aromatic heterocycles. The summed E-state index contributed by atoms with van der Waals surface area (Å²) in [5, 5.41) is 2.97. The van der Waals surface area contributed by atoms with E-state index in [0.29, 0.717) is 56.2 Å². The highest BCUT2D eigenvalue weighted by atomic mass is 32.2. The molecule has 3 aliphatic heterocycles. The number of ether oxygens (including phenoxy) is 2. The van der Waals surface area contributed by atoms with Crippen LogP contribution in [0, 0.1) is 5.92 Å². The van der Waals surface area contributed by atoms with E-state index in [-0.39, 0.29) is 23.5 Å². The lowest BCUT2D eigenvalue weighted by molar-refractivity contribution is -0.120. The molecule has 0 unspecified atom stereocenters. The minimum Gasteiger partial charge on any atom is -0.454 e. The molecular formula is C23H28N4O5S. The highest BCUT2D eigenvalue weighted by Gasteiger charge is 2.28. The predicted molar refractivity (Wildman–Crippen MR) is 123 cm³/mol. The molecule has 0 spiro atoms. The third kappa shape index (κ3) is 4.63. The number of fused-ring (bicyclic) bond motifs is 1. The molecule has 33 heavy (non-hydrogen) atoms. The van der Waals surface area contributed by atoms with Gasteiger partial charge in [0.1, 0.15) is 10.7 Å². The standard InChI is InChI=1S/C23H28N4O5S/c28-23(25-18-4-6-20-21(14-18)32-16-31-20)17-8-12-26(13-9-17)22-7-5-19(15-24-22)33(29,30)27-10-2-1-3-11-27/h4-7,14-15,17H,1-3,8-13,16H2,(H,25,28). The van der Waals surface area contributed by atoms with Gasteiger partial charge in [-0.15, -0.1) is 0 Å². The first-order chi connectivity index (χ1) is 16.0. The molecule has 2 saturated heterocycles. The number of rotatable bonds is 5. The third-order valence-electron chi connectivity index (χ3n) is 6.50. The number of hydrogen-bond acceptors (Lipinski definition) is 7. The summed E-state index contributed by atoms with van der Waals surface area (Å²) in [4.78, 5) is 19.5. The molecule has 0 atom stereocenters. The molecule has 4 heterocycles. The molecule has 1 aromatic carbocycles. The van der Waals surface area contributed by atoms with Crippen molar-refractivity contribution in [2.45, 2.75) is 37.0 Å². The number of carbonyl (C=O) groups is 1. The van der Waals surface area contributed by atoms with Crippen molar-refractivity contribution in [2.75, 3.05) is 43.2 Å². The van der Waals surface area contributed by atoms with E-state index in [4.69, 9.17) is 9.47 Å². The number of nitrogens with one attached hydrogen (secondary N) is 1. The number of anilines is 2. The second kappa shape index (κ2) is 9.18. The van der Waals surface area contributed by atoms with Crippen LogP contribution in [0.1, 0.15) is 32.1 Å². The Hall–Kier alpha value is -2.85. The lowest BCUT2D eigenvalue weighted by Crippen LogP contribution is -2.38. The molecule has 1 amide bonds. The van der Waals surface area contributed by atoms with Gasteiger partial charge in [0, 0.05) is 50.0 Å². The quantitative estimate of drug-likeness (QED) is 0.714. The minimum atomic E-state index is -3.48. The Morgan fingerprint density at radius 3 is 2.45 bits per heavy atom. The normalized spacial score (nSPS) is 19.5. The van der Waals surface area contributed by atoms with Gasteiger partial charge in [0.2, 0.25) is 22.7 Å². The number of sulfonamides is 1. The molecule has 5 rings (SSSR count). The second-order valence-electron chi connectivity index (χ2n) is 8.64. The van der Waals surface area contributed by atoms with Crippen LogP contribution in [0.3, 0.4) is 0 Å². The van der Waals surface area contributed by atoms with E-state index in [0.717, 1.165) is 25.1 Å². The number of hydrogen-bond donors (Lipinski definition) is 1. The Labute approximate surface area is 193 Å². The van der Waals surface area contributed by atoms with Gasteiger partial charge in [0.25, 0.3) is 0 Å². The summed E-state index contributed by atoms with van der Waals surface area (Å²) < 4.78 is 37.9. The number of pyridine rings is 1. The molecule has 2 fully saturated rings. The Morgan fingerprint density at radius 2 is 1.73 bits per heavy atom. The summed E-state index contributed by atoms with van der Waals surface area (Å²) in [7, 11) is -3.48. The van der Waals surface area contributed by atoms with Crippen LogP contribution in [0.5, 0.6) is 11.5 Å². The zero-order valence-corrected chi connectivity index (χ0v) is 19.2. The largest absolute Gasteiger partial charge is 0.454 e. The van der Waals surface area contributed by atoms with Crippen LogP contribution in [0.25, 0.3) is 0 Å². The molecule has 2 aromatic rings. The molecule has 0 bridgehead atoms. The van der Waals surface area contributed by atoms with Gasteiger partial charge in [0.05, 0.1) is 0 Å². The Morgan fingerprint density at radius 1 is 0.970 bits per heavy atom. The van der Waals surface area contributed by atoms with Crippen LogP contribution in [0.15, 0.2) is 41.4 Å². The molecule has 0 radical (unpaired) electrons. The molecule has 176 valence electrons. The summed E-state index contributed by atoms with van der Waals surface area (Å²) >= 11 is 0. The molecular weight excluding hydrogens is 444 g/mol. The summed E-state index contributed by atoms with van der Waals surface area (Å²) in [6, 6.07) is 8.79. The summed E-state index contributed by atoms with van der Waals surface area (Å²) in [6.45, 7) is 2.72. The van der Waals surface area contributed by atoms with Crippen LogP contribution in [-0.2, 0) is 14.8 Å². The highest BCUT2D eigenvalue weighted by Crippen LogP contribution is 2.34. The lowest BCUT2D eigenvalue weighted by Gasteiger charge is -2.32. The number of amides is 1. The number of carbonyl (C=O) groups excluding carboxylic acids is 1. The van der Waals surface area contributed by atoms with E-state index in [2.05, 4.69) is 15.2 Å². The summed E-state index contributed by atoms with van der Waals surface area (Å²) in [5.74, 6) is 1.96. The van der Waals surface area contributed by atoms with Crippen molar-refractivity contribution in [1.29, 1.82) is 0 Å². The second-order valence-corrected chi connectivity index (χ2v) is 10.6. The van der Waals surface area contributed by atoms with Crippen LogP contribution in [0.4, 0.5) is 11.5 Å². The summed E-state index contributed by atoms with van der Waals surface area (Å²) in [5.41, 5.74) is 0.693. The minimum absolute atomic E-state index is 0.00977. The van der Waals surface area contributed by atoms with Gasteiger partial charge in [-0.3, -0.25) is 4.79 Å². The van der Waals surface area contributed by atoms with Crippen molar-refractivity contribution in [3.63, 3.8) is 0 Å². The number of benzene rings is 1. The van der Waals surface area contributed by atoms with Crippen molar-refractivity contribution in [3.8, 4) is 11.5 Å². The summed E-state index contributed by atoms with van der Waals surface area (Å²) in [6.07, 6.45) is 5.74. The van der Waals surface area contributed by atoms with Crippen LogP contribution in [0.2, 0.25) is 0 Å². The number of piperidine rings is 2. The van der Waals surface area contributed by atoms with Gasteiger partial charge < -0.3 is 19.7 Å². The first kappa shape index (κ1) is 22.0. The molecule has 1 N–H and O–H groups in total. The Balaban J connectivity index is 1.16. The average molecular weight is 473 g/mol. The number of nitrogens with zero attached hydrogens (tertiary/aromatic N) is 3. The van der Waals surface area contributed by atoms with Crippen LogP contribution < -0.4 is 19.7 Å². The highest BCUT2D eigenvalue weighted by molar-refractivity contribution is 7.89. The van der Waals surface area contributed by atoms with Gasteiger partial charge >= 0.3 is 0 Å². The Kier molecular flexibility index (Phi) is 6.11. The lowest BCUT2D eigenvalue weighted by atomic mass is 9.95. The first-order valence-electron chi connectivity index (χ1n) is 11.4. The monoisotopic (exact) mass is 472 g/mol. The topological polar surface area (TPSA) is 101 Å². The van der Waals surface area contributed by atoms with E-state index in [1.807, 2.05) is 6.07 Å². The van der Waals surface area contributed by atoms with E-state index in [1.54, 1.807) is 28.6 Å². The average Bonchev–Trinajstić information content (AvgIpc) is 3.33.